The number of hydrogen-bond donors (Lipinski definition) is 1. The molecule has 2 aliphatic rings. The monoisotopic (exact) mass is 425 g/mol. The number of β-amino-alcohol motifs (C(OH)–C–C–N with tert-alkyl or cyclic N) is 1. The number of aromatic nitrogens is 1. The molecule has 1 unspecified atom stereocenters. The second-order valence-corrected chi connectivity index (χ2v) is 9.44. The molecule has 0 saturated carbocycles. The van der Waals surface area contributed by atoms with Gasteiger partial charge >= 0.3 is 0 Å². The van der Waals surface area contributed by atoms with Gasteiger partial charge in [-0.2, -0.15) is 0 Å². The van der Waals surface area contributed by atoms with Crippen LogP contribution in [-0.4, -0.2) is 45.5 Å². The van der Waals surface area contributed by atoms with Crippen LogP contribution >= 0.6 is 0 Å². The van der Waals surface area contributed by atoms with Crippen molar-refractivity contribution in [2.45, 2.75) is 71.1 Å². The fourth-order valence-corrected chi connectivity index (χ4v) is 4.63. The Morgan fingerprint density at radius 2 is 1.97 bits per heavy atom. The Kier molecular flexibility index (Phi) is 5.64. The molecular weight excluding hydrogens is 394 g/mol. The second-order valence-electron chi connectivity index (χ2n) is 9.44. The number of nitrogens with zero attached hydrogens (tertiary/aromatic N) is 3. The number of carbonyl (C=O) groups is 1. The lowest BCUT2D eigenvalue weighted by atomic mass is 9.87. The number of benzene rings is 1. The first-order valence-corrected chi connectivity index (χ1v) is 10.9. The molecule has 1 amide bonds. The fraction of sp³-hybridized carbons (Fsp3) is 0.542. The zero-order valence-corrected chi connectivity index (χ0v) is 18.8. The minimum atomic E-state index is -0.591. The van der Waals surface area contributed by atoms with Crippen molar-refractivity contribution in [3.63, 3.8) is 0 Å². The van der Waals surface area contributed by atoms with Gasteiger partial charge in [0, 0.05) is 25.5 Å². The number of amides is 1. The number of carbonyl (C=O) groups excluding carboxylic acids is 1. The van der Waals surface area contributed by atoms with E-state index in [2.05, 4.69) is 34.6 Å². The highest BCUT2D eigenvalue weighted by Gasteiger charge is 2.46. The average molecular weight is 426 g/mol. The first-order chi connectivity index (χ1) is 14.7. The van der Waals surface area contributed by atoms with Crippen LogP contribution in [0.25, 0.3) is 0 Å². The smallest absolute Gasteiger partial charge is 0.234 e. The van der Waals surface area contributed by atoms with Crippen LogP contribution in [-0.2, 0) is 15.2 Å². The van der Waals surface area contributed by atoms with Crippen molar-refractivity contribution < 1.29 is 19.3 Å². The molecular formula is C24H31N3O4. The second kappa shape index (κ2) is 8.11. The van der Waals surface area contributed by atoms with E-state index in [0.717, 1.165) is 17.0 Å². The van der Waals surface area contributed by atoms with E-state index in [1.807, 2.05) is 40.7 Å². The topological polar surface area (TPSA) is 88.2 Å². The Labute approximate surface area is 183 Å². The third kappa shape index (κ3) is 4.11. The molecule has 7 nitrogen and oxygen atoms in total. The predicted octanol–water partition coefficient (Wildman–Crippen LogP) is 3.68. The molecule has 1 N–H and O–H groups in total. The summed E-state index contributed by atoms with van der Waals surface area (Å²) in [5.74, 6) is 0.0596. The van der Waals surface area contributed by atoms with Gasteiger partial charge in [0.25, 0.3) is 0 Å². The first-order valence-electron chi connectivity index (χ1n) is 10.9. The van der Waals surface area contributed by atoms with Gasteiger partial charge in [-0.05, 0) is 32.3 Å². The van der Waals surface area contributed by atoms with E-state index in [4.69, 9.17) is 9.36 Å². The largest absolute Gasteiger partial charge is 0.391 e. The highest BCUT2D eigenvalue weighted by atomic mass is 16.7. The quantitative estimate of drug-likeness (QED) is 0.789. The summed E-state index contributed by atoms with van der Waals surface area (Å²) in [6.07, 6.45) is 0.440. The molecule has 0 bridgehead atoms. The number of rotatable bonds is 5. The minimum absolute atomic E-state index is 0.0258. The van der Waals surface area contributed by atoms with Crippen LogP contribution in [0.2, 0.25) is 0 Å². The molecule has 2 aliphatic heterocycles. The molecule has 1 saturated heterocycles. The van der Waals surface area contributed by atoms with Crippen molar-refractivity contribution in [3.05, 3.63) is 52.9 Å². The van der Waals surface area contributed by atoms with E-state index in [1.54, 1.807) is 4.90 Å². The lowest BCUT2D eigenvalue weighted by molar-refractivity contribution is -0.134. The van der Waals surface area contributed by atoms with Gasteiger partial charge in [0.1, 0.15) is 11.7 Å². The van der Waals surface area contributed by atoms with E-state index in [1.165, 1.54) is 5.56 Å². The summed E-state index contributed by atoms with van der Waals surface area (Å²) in [6, 6.07) is 9.75. The van der Waals surface area contributed by atoms with E-state index in [0.29, 0.717) is 18.6 Å². The lowest BCUT2D eigenvalue weighted by Crippen LogP contribution is -2.44. The van der Waals surface area contributed by atoms with Crippen LogP contribution in [0.3, 0.4) is 0 Å². The molecule has 0 spiro atoms. The van der Waals surface area contributed by atoms with E-state index < -0.39 is 17.6 Å². The molecule has 1 aromatic heterocycles. The number of likely N-dealkylation sites (tertiary alicyclic amines) is 1. The lowest BCUT2D eigenvalue weighted by Gasteiger charge is -2.29. The summed E-state index contributed by atoms with van der Waals surface area (Å²) >= 11 is 0. The molecule has 1 aromatic carbocycles. The maximum atomic E-state index is 13.6. The molecule has 0 aliphatic carbocycles. The molecule has 0 radical (unpaired) electrons. The number of aliphatic hydroxyl groups excluding tert-OH is 1. The fourth-order valence-electron chi connectivity index (χ4n) is 4.63. The van der Waals surface area contributed by atoms with Crippen molar-refractivity contribution >= 4 is 11.6 Å². The number of aliphatic hydroxyl groups is 1. The zero-order chi connectivity index (χ0) is 22.3. The molecule has 31 heavy (non-hydrogen) atoms. The van der Waals surface area contributed by atoms with Crippen LogP contribution in [0, 0.1) is 19.8 Å². The van der Waals surface area contributed by atoms with Gasteiger partial charge in [-0.25, -0.2) is 0 Å². The molecule has 3 heterocycles. The van der Waals surface area contributed by atoms with Crippen LogP contribution in [0.4, 0.5) is 0 Å². The average Bonchev–Trinajstić information content (AvgIpc) is 3.41. The van der Waals surface area contributed by atoms with Crippen molar-refractivity contribution in [2.24, 2.45) is 11.1 Å². The number of hydrogen-bond acceptors (Lipinski definition) is 6. The van der Waals surface area contributed by atoms with E-state index in [9.17, 15) is 9.90 Å². The maximum Gasteiger partial charge on any atom is 0.234 e. The first kappa shape index (κ1) is 21.6. The van der Waals surface area contributed by atoms with Crippen molar-refractivity contribution in [2.75, 3.05) is 6.54 Å². The van der Waals surface area contributed by atoms with Gasteiger partial charge in [0.05, 0.1) is 23.6 Å². The summed E-state index contributed by atoms with van der Waals surface area (Å²) in [6.45, 7) is 10.2. The molecule has 7 heteroatoms. The number of aryl methyl sites for hydroxylation is 2. The Hall–Kier alpha value is -2.67. The van der Waals surface area contributed by atoms with Crippen LogP contribution in [0.1, 0.15) is 62.1 Å². The SMILES string of the molecule is Cc1ccc(C2(C)CC([C@@H]3C[C@@H](O)CN3C(=O)[C@@H](c3cc(C)no3)C(C)C)=NO2)cc1. The molecule has 166 valence electrons. The summed E-state index contributed by atoms with van der Waals surface area (Å²) in [4.78, 5) is 21.2. The van der Waals surface area contributed by atoms with Gasteiger partial charge < -0.3 is 19.4 Å². The normalized spacial score (nSPS) is 26.8. The Morgan fingerprint density at radius 3 is 2.58 bits per heavy atom. The highest BCUT2D eigenvalue weighted by Crippen LogP contribution is 2.39. The molecule has 2 aromatic rings. The van der Waals surface area contributed by atoms with Gasteiger partial charge in [-0.3, -0.25) is 4.79 Å². The third-order valence-electron chi connectivity index (χ3n) is 6.38. The number of oxime groups is 1. The Bertz CT molecular complexity index is 981. The van der Waals surface area contributed by atoms with Crippen molar-refractivity contribution in [1.82, 2.24) is 10.1 Å². The van der Waals surface area contributed by atoms with Crippen LogP contribution < -0.4 is 0 Å². The Balaban J connectivity index is 1.57. The zero-order valence-electron chi connectivity index (χ0n) is 18.8. The van der Waals surface area contributed by atoms with Crippen LogP contribution in [0.15, 0.2) is 40.0 Å². The minimum Gasteiger partial charge on any atom is -0.391 e. The van der Waals surface area contributed by atoms with E-state index in [-0.39, 0.29) is 24.4 Å². The summed E-state index contributed by atoms with van der Waals surface area (Å²) in [5, 5.41) is 18.8. The van der Waals surface area contributed by atoms with Gasteiger partial charge in [0.2, 0.25) is 5.91 Å². The summed E-state index contributed by atoms with van der Waals surface area (Å²) in [5.41, 5.74) is 3.19. The third-order valence-corrected chi connectivity index (χ3v) is 6.38. The van der Waals surface area contributed by atoms with Gasteiger partial charge in [-0.1, -0.05) is 54.0 Å². The summed E-state index contributed by atoms with van der Waals surface area (Å²) in [7, 11) is 0. The highest BCUT2D eigenvalue weighted by molar-refractivity contribution is 5.96. The maximum absolute atomic E-state index is 13.6. The standard InChI is InChI=1S/C24H31N3O4/c1-14(2)22(21-10-16(4)25-30-21)23(29)27-13-18(28)11-20(27)19-12-24(5,31-26-19)17-8-6-15(3)7-9-17/h6-10,14,18,20,22,28H,11-13H2,1-5H3/t18-,20+,22-,24?/m1/s1. The van der Waals surface area contributed by atoms with Gasteiger partial charge in [0.15, 0.2) is 5.60 Å². The van der Waals surface area contributed by atoms with Crippen LogP contribution in [0.5, 0.6) is 0 Å². The van der Waals surface area contributed by atoms with E-state index >= 15 is 0 Å². The summed E-state index contributed by atoms with van der Waals surface area (Å²) < 4.78 is 5.44. The molecule has 4 atom stereocenters. The van der Waals surface area contributed by atoms with Crippen molar-refractivity contribution in [1.29, 1.82) is 0 Å². The van der Waals surface area contributed by atoms with Crippen molar-refractivity contribution in [3.8, 4) is 0 Å². The Morgan fingerprint density at radius 1 is 1.26 bits per heavy atom. The predicted molar refractivity (Wildman–Crippen MR) is 117 cm³/mol. The van der Waals surface area contributed by atoms with Gasteiger partial charge in [-0.15, -0.1) is 0 Å². The molecule has 4 rings (SSSR count). The molecule has 1 fully saturated rings.